The highest BCUT2D eigenvalue weighted by Gasteiger charge is 2.33. The fourth-order valence-corrected chi connectivity index (χ4v) is 15.0. The molecule has 0 bridgehead atoms. The van der Waals surface area contributed by atoms with Crippen LogP contribution in [0.4, 0.5) is 26.3 Å². The van der Waals surface area contributed by atoms with Crippen molar-refractivity contribution in [3.8, 4) is 69.1 Å². The molecule has 9 aromatic rings. The molecule has 0 atom stereocenters. The smallest absolute Gasteiger partial charge is 0.454 e. The van der Waals surface area contributed by atoms with Crippen LogP contribution in [-0.4, -0.2) is 135 Å². The molecule has 0 saturated carbocycles. The lowest BCUT2D eigenvalue weighted by atomic mass is 10.1. The van der Waals surface area contributed by atoms with Crippen molar-refractivity contribution in [2.45, 2.75) is 120 Å². The van der Waals surface area contributed by atoms with Gasteiger partial charge >= 0.3 is 35.5 Å². The molecule has 0 amide bonds. The zero-order valence-corrected chi connectivity index (χ0v) is 70.8. The van der Waals surface area contributed by atoms with Crippen molar-refractivity contribution in [2.75, 3.05) is 39.5 Å². The lowest BCUT2D eigenvalue weighted by Gasteiger charge is -2.18. The maximum Gasteiger partial charge on any atom is 0.573 e. The van der Waals surface area contributed by atoms with Gasteiger partial charge in [0.15, 0.2) is 57.6 Å². The van der Waals surface area contributed by atoms with Crippen LogP contribution in [0.1, 0.15) is 66.8 Å². The summed E-state index contributed by atoms with van der Waals surface area (Å²) in [6.45, 7) is 22.1. The second-order valence-electron chi connectivity index (χ2n) is 30.9. The highest BCUT2D eigenvalue weighted by Crippen LogP contribution is 2.34. The summed E-state index contributed by atoms with van der Waals surface area (Å²) in [6, 6.07) is 41.0. The van der Waals surface area contributed by atoms with Gasteiger partial charge in [0.25, 0.3) is 22.2 Å². The van der Waals surface area contributed by atoms with Crippen LogP contribution in [0.5, 0.6) is 23.0 Å². The number of fused-ring (bicyclic) bond motifs is 10. The molecule has 9 aliphatic rings. The SMILES string of the molecule is Cc1cc2nc3c(=O)[nH]c(=O)nc-3n(CCNCCc3c[nH]c4ccccc34)c2cc1C.Cc1cc2nc3c(=O)[nH]c(=O)nc-3n(CCNCc3ccc(OC(F)(F)F)cc3)c2cc1C.Cc1cc2nc3c(=O)[nH]c(=O)nc-3n(CCNCc3ccc4c(c3)OCO4)c2cc1C.Cc1cc2nc3c(=O)[nH]c(=O)nc-3n(CCNCc3cccc(OC(F)(F)F)c3)c2cc1C. The molecule has 0 aliphatic carbocycles. The summed E-state index contributed by atoms with van der Waals surface area (Å²) in [7, 11) is 0. The molecule has 0 spiro atoms. The van der Waals surface area contributed by atoms with Gasteiger partial charge in [0.2, 0.25) is 6.79 Å². The number of rotatable bonds is 23. The third kappa shape index (κ3) is 20.8. The number of halogens is 6. The molecule has 39 heteroatoms. The molecule has 0 saturated heterocycles. The maximum atomic E-state index is 12.4. The Labute approximate surface area is 726 Å². The minimum atomic E-state index is -4.76. The number of ether oxygens (including phenoxy) is 4. The first-order valence-electron chi connectivity index (χ1n) is 40.8. The van der Waals surface area contributed by atoms with Crippen molar-refractivity contribution in [1.82, 2.24) is 104 Å². The molecule has 10 heterocycles. The average Bonchev–Trinajstić information content (AvgIpc) is 1.32. The number of hydrogen-bond donors (Lipinski definition) is 9. The quantitative estimate of drug-likeness (QED) is 0.0163. The molecule has 129 heavy (non-hydrogen) atoms. The van der Waals surface area contributed by atoms with Crippen LogP contribution < -0.4 is 85.2 Å². The number of benzene rings is 8. The molecule has 664 valence electrons. The highest BCUT2D eigenvalue weighted by molar-refractivity contribution is 5.85. The Morgan fingerprint density at radius 1 is 0.364 bits per heavy atom. The first-order chi connectivity index (χ1) is 61.7. The van der Waals surface area contributed by atoms with Crippen molar-refractivity contribution in [1.29, 1.82) is 0 Å². The van der Waals surface area contributed by atoms with E-state index in [-0.39, 0.29) is 65.1 Å². The number of H-pyrrole nitrogens is 5. The topological polar surface area (TPSA) is 423 Å². The molecule has 8 aromatic carbocycles. The Hall–Kier alpha value is -15.0. The van der Waals surface area contributed by atoms with Gasteiger partial charge in [-0.1, -0.05) is 48.5 Å². The molecule has 33 nitrogen and oxygen atoms in total. The van der Waals surface area contributed by atoms with Gasteiger partial charge in [0.05, 0.1) is 44.1 Å². The van der Waals surface area contributed by atoms with E-state index < -0.39 is 57.7 Å². The molecule has 9 N–H and O–H groups in total. The number of para-hydroxylation sites is 1. The van der Waals surface area contributed by atoms with Crippen LogP contribution in [0.2, 0.25) is 0 Å². The average molecular weight is 1770 g/mol. The van der Waals surface area contributed by atoms with Crippen LogP contribution in [0, 0.1) is 55.4 Å². The van der Waals surface area contributed by atoms with Gasteiger partial charge in [-0.3, -0.25) is 39.1 Å². The van der Waals surface area contributed by atoms with Gasteiger partial charge in [0.1, 0.15) is 11.5 Å². The second-order valence-corrected chi connectivity index (χ2v) is 30.9. The van der Waals surface area contributed by atoms with E-state index in [0.717, 1.165) is 102 Å². The Morgan fingerprint density at radius 2 is 0.721 bits per heavy atom. The largest absolute Gasteiger partial charge is 0.573 e. The highest BCUT2D eigenvalue weighted by atomic mass is 19.4. The third-order valence-electron chi connectivity index (χ3n) is 21.9. The molecule has 0 radical (unpaired) electrons. The number of nitrogens with one attached hydrogen (secondary N) is 9. The number of aromatic nitrogens is 17. The van der Waals surface area contributed by atoms with Gasteiger partial charge in [-0.15, -0.1) is 26.3 Å². The fourth-order valence-electron chi connectivity index (χ4n) is 15.0. The van der Waals surface area contributed by atoms with Crippen molar-refractivity contribution in [3.05, 3.63) is 296 Å². The van der Waals surface area contributed by atoms with Gasteiger partial charge in [-0.2, -0.15) is 19.9 Å². The summed E-state index contributed by atoms with van der Waals surface area (Å²) in [5.74, 6) is 1.88. The van der Waals surface area contributed by atoms with Gasteiger partial charge in [0, 0.05) is 89.1 Å². The van der Waals surface area contributed by atoms with Gasteiger partial charge in [-0.05, 0) is 226 Å². The summed E-state index contributed by atoms with van der Waals surface area (Å²) in [5.41, 5.74) is 14.4. The fraction of sp³-hybridized carbons (Fsp3) is 0.267. The summed E-state index contributed by atoms with van der Waals surface area (Å²) in [5, 5.41) is 14.5. The van der Waals surface area contributed by atoms with E-state index in [9.17, 15) is 64.7 Å². The molecular weight excluding hydrogens is 1680 g/mol. The summed E-state index contributed by atoms with van der Waals surface area (Å²) < 4.78 is 100. The lowest BCUT2D eigenvalue weighted by molar-refractivity contribution is -0.275. The van der Waals surface area contributed by atoms with E-state index in [1.165, 1.54) is 53.4 Å². The van der Waals surface area contributed by atoms with E-state index in [1.807, 2.05) is 143 Å². The van der Waals surface area contributed by atoms with Crippen molar-refractivity contribution in [2.24, 2.45) is 0 Å². The number of aryl methyl sites for hydroxylation is 8. The zero-order chi connectivity index (χ0) is 91.3. The Morgan fingerprint density at radius 3 is 1.13 bits per heavy atom. The predicted molar refractivity (Wildman–Crippen MR) is 471 cm³/mol. The van der Waals surface area contributed by atoms with Crippen molar-refractivity contribution >= 4 is 55.0 Å². The van der Waals surface area contributed by atoms with Crippen LogP contribution >= 0.6 is 0 Å². The van der Waals surface area contributed by atoms with Gasteiger partial charge in [-0.25, -0.2) is 39.1 Å². The van der Waals surface area contributed by atoms with Gasteiger partial charge < -0.3 is 63.5 Å². The van der Waals surface area contributed by atoms with E-state index >= 15 is 0 Å². The third-order valence-corrected chi connectivity index (χ3v) is 21.9. The normalized spacial score (nSPS) is 12.0. The van der Waals surface area contributed by atoms with Crippen LogP contribution in [0.3, 0.4) is 0 Å². The Kier molecular flexibility index (Phi) is 26.0. The van der Waals surface area contributed by atoms with E-state index in [2.05, 4.69) is 114 Å². The number of alkyl halides is 6. The first-order valence-corrected chi connectivity index (χ1v) is 40.8. The second kappa shape index (κ2) is 37.7. The monoisotopic (exact) mass is 1770 g/mol. The first kappa shape index (κ1) is 88.9. The van der Waals surface area contributed by atoms with Crippen LogP contribution in [0.15, 0.2) is 184 Å². The molecular formula is C90H85F6N21O12. The number of aromatic amines is 5. The summed E-state index contributed by atoms with van der Waals surface area (Å²) in [4.78, 5) is 143. The molecule has 1 aromatic heterocycles. The lowest BCUT2D eigenvalue weighted by Crippen LogP contribution is -2.30. The van der Waals surface area contributed by atoms with Crippen LogP contribution in [-0.2, 0) is 52.2 Å². The maximum absolute atomic E-state index is 12.4. The predicted octanol–water partition coefficient (Wildman–Crippen LogP) is 10.0. The molecule has 18 rings (SSSR count). The molecule has 0 unspecified atom stereocenters. The minimum Gasteiger partial charge on any atom is -0.454 e. The molecule has 0 fully saturated rings. The molecule has 9 aliphatic heterocycles. The van der Waals surface area contributed by atoms with Crippen molar-refractivity contribution in [3.63, 3.8) is 0 Å². The van der Waals surface area contributed by atoms with Crippen molar-refractivity contribution < 1.29 is 45.3 Å². The summed E-state index contributed by atoms with van der Waals surface area (Å²) in [6.07, 6.45) is -6.53. The van der Waals surface area contributed by atoms with E-state index in [1.54, 1.807) is 15.2 Å². The Balaban J connectivity index is 0.000000132. The number of nitrogens with zero attached hydrogens (tertiary/aromatic N) is 12. The van der Waals surface area contributed by atoms with E-state index in [4.69, 9.17) is 9.47 Å². The Bertz CT molecular complexity index is 7490. The standard InChI is InChI=1S/C24H24N6O2.2C22H20F3N5O3.C22H21N5O4/c1-14-11-19-20(12-15(14)2)30(22-21(27-19)23(31)29-24(32)28-22)10-9-25-8-7-16-13-26-18-6-4-3-5-17(16)18;1-12-9-16-17(10-13(12)2)30(19-18(27-16)20(31)29-21(32)28-19)8-7-26-11-14-3-5-15(6-4-14)33-22(23,24)25;1-12-8-16-17(9-13(12)2)30(19-18(27-16)20(31)29-21(32)28-19)7-6-26-11-14-4-3-5-15(10-14)33-22(23,24)25;1-12-7-15-16(8-13(12)2)27(20-19(24-15)21(28)26-22(29)25-20)6-5-23-10-14-3-4-17-18(9-14)31-11-30-17/h3-6,11-13,25-26H,7-10H2,1-2H3,(H,29,31,32);3-6,9-10,26H,7-8,11H2,1-2H3,(H,29,31,32);3-5,8-10,26H,6-7,11H2,1-2H3,(H,29,31,32);3-4,7-9,23H,5-6,10-11H2,1-2H3,(H,26,28,29). The zero-order valence-electron chi connectivity index (χ0n) is 70.8. The van der Waals surface area contributed by atoms with E-state index in [0.29, 0.717) is 104 Å². The van der Waals surface area contributed by atoms with Crippen LogP contribution in [0.25, 0.3) is 101 Å². The summed E-state index contributed by atoms with van der Waals surface area (Å²) >= 11 is 0. The minimum absolute atomic E-state index is 0.0577. The number of hydrogen-bond acceptors (Lipinski definition) is 24.